The zero-order chi connectivity index (χ0) is 14.4. The second kappa shape index (κ2) is 7.62. The second-order valence-corrected chi connectivity index (χ2v) is 5.64. The SMILES string of the molecule is COc1cc(CSCC(N)C(=O)O)c(OC)cc1Br. The molecule has 0 radical (unpaired) electrons. The Morgan fingerprint density at radius 3 is 2.58 bits per heavy atom. The summed E-state index contributed by atoms with van der Waals surface area (Å²) in [6.45, 7) is 0. The molecule has 19 heavy (non-hydrogen) atoms. The number of carboxylic acids is 1. The van der Waals surface area contributed by atoms with Gasteiger partial charge in [-0.1, -0.05) is 0 Å². The van der Waals surface area contributed by atoms with Crippen LogP contribution < -0.4 is 15.2 Å². The van der Waals surface area contributed by atoms with E-state index in [2.05, 4.69) is 15.9 Å². The highest BCUT2D eigenvalue weighted by atomic mass is 79.9. The maximum atomic E-state index is 10.6. The number of hydrogen-bond donors (Lipinski definition) is 2. The van der Waals surface area contributed by atoms with Gasteiger partial charge in [0.15, 0.2) is 0 Å². The molecule has 1 aromatic carbocycles. The average Bonchev–Trinajstić information content (AvgIpc) is 2.39. The normalized spacial score (nSPS) is 12.0. The minimum absolute atomic E-state index is 0.344. The lowest BCUT2D eigenvalue weighted by Gasteiger charge is -2.12. The van der Waals surface area contributed by atoms with Crippen LogP contribution in [0.1, 0.15) is 5.56 Å². The Bertz CT molecular complexity index is 456. The minimum atomic E-state index is -0.993. The first kappa shape index (κ1) is 16.1. The van der Waals surface area contributed by atoms with E-state index in [0.29, 0.717) is 17.3 Å². The van der Waals surface area contributed by atoms with E-state index in [1.807, 2.05) is 12.1 Å². The van der Waals surface area contributed by atoms with Gasteiger partial charge in [0.25, 0.3) is 0 Å². The van der Waals surface area contributed by atoms with Crippen LogP contribution >= 0.6 is 27.7 Å². The van der Waals surface area contributed by atoms with E-state index in [0.717, 1.165) is 15.8 Å². The van der Waals surface area contributed by atoms with Gasteiger partial charge in [0.2, 0.25) is 0 Å². The third kappa shape index (κ3) is 4.59. The number of halogens is 1. The van der Waals surface area contributed by atoms with Crippen LogP contribution in [0.15, 0.2) is 16.6 Å². The van der Waals surface area contributed by atoms with Crippen molar-refractivity contribution in [1.82, 2.24) is 0 Å². The molecule has 1 rings (SSSR count). The largest absolute Gasteiger partial charge is 0.496 e. The van der Waals surface area contributed by atoms with Gasteiger partial charge in [0.1, 0.15) is 17.5 Å². The molecule has 0 heterocycles. The van der Waals surface area contributed by atoms with Gasteiger partial charge in [-0.15, -0.1) is 0 Å². The number of hydrogen-bond acceptors (Lipinski definition) is 5. The lowest BCUT2D eigenvalue weighted by Crippen LogP contribution is -2.32. The number of rotatable bonds is 7. The van der Waals surface area contributed by atoms with Gasteiger partial charge in [-0.25, -0.2) is 0 Å². The molecule has 0 aliphatic carbocycles. The van der Waals surface area contributed by atoms with Crippen molar-refractivity contribution in [2.24, 2.45) is 5.73 Å². The molecule has 0 amide bonds. The molecule has 0 aliphatic heterocycles. The highest BCUT2D eigenvalue weighted by Crippen LogP contribution is 2.34. The van der Waals surface area contributed by atoms with Gasteiger partial charge in [-0.3, -0.25) is 4.79 Å². The topological polar surface area (TPSA) is 81.8 Å². The van der Waals surface area contributed by atoms with Crippen LogP contribution in [0, 0.1) is 0 Å². The summed E-state index contributed by atoms with van der Waals surface area (Å²) in [5.41, 5.74) is 6.38. The Balaban J connectivity index is 2.74. The highest BCUT2D eigenvalue weighted by Gasteiger charge is 2.13. The molecule has 0 fully saturated rings. The third-order valence-corrected chi connectivity index (χ3v) is 4.16. The zero-order valence-corrected chi connectivity index (χ0v) is 13.1. The van der Waals surface area contributed by atoms with Crippen molar-refractivity contribution in [3.63, 3.8) is 0 Å². The monoisotopic (exact) mass is 349 g/mol. The molecule has 0 spiro atoms. The summed E-state index contributed by atoms with van der Waals surface area (Å²) >= 11 is 4.82. The van der Waals surface area contributed by atoms with E-state index in [9.17, 15) is 4.79 Å². The van der Waals surface area contributed by atoms with E-state index in [-0.39, 0.29) is 0 Å². The Hall–Kier alpha value is -0.920. The molecule has 0 aliphatic rings. The van der Waals surface area contributed by atoms with E-state index < -0.39 is 12.0 Å². The van der Waals surface area contributed by atoms with Crippen molar-refractivity contribution in [1.29, 1.82) is 0 Å². The molecular weight excluding hydrogens is 334 g/mol. The number of thioether (sulfide) groups is 1. The Labute approximate surface area is 124 Å². The average molecular weight is 350 g/mol. The Morgan fingerprint density at radius 1 is 1.42 bits per heavy atom. The minimum Gasteiger partial charge on any atom is -0.496 e. The number of benzene rings is 1. The van der Waals surface area contributed by atoms with Gasteiger partial charge in [-0.05, 0) is 28.1 Å². The molecule has 5 nitrogen and oxygen atoms in total. The highest BCUT2D eigenvalue weighted by molar-refractivity contribution is 9.10. The quantitative estimate of drug-likeness (QED) is 0.784. The fourth-order valence-corrected chi connectivity index (χ4v) is 2.85. The summed E-state index contributed by atoms with van der Waals surface area (Å²) in [6, 6.07) is 2.84. The molecular formula is C12H16BrNO4S. The molecule has 1 unspecified atom stereocenters. The number of ether oxygens (including phenoxy) is 2. The number of nitrogens with two attached hydrogens (primary N) is 1. The first-order valence-electron chi connectivity index (χ1n) is 5.46. The molecule has 106 valence electrons. The summed E-state index contributed by atoms with van der Waals surface area (Å²) in [6.07, 6.45) is 0. The molecule has 3 N–H and O–H groups in total. The Kier molecular flexibility index (Phi) is 6.47. The zero-order valence-electron chi connectivity index (χ0n) is 10.7. The summed E-state index contributed by atoms with van der Waals surface area (Å²) in [7, 11) is 3.18. The van der Waals surface area contributed by atoms with Crippen LogP contribution in [0.4, 0.5) is 0 Å². The van der Waals surface area contributed by atoms with Crippen LogP contribution in [-0.4, -0.2) is 37.1 Å². The molecule has 1 atom stereocenters. The maximum Gasteiger partial charge on any atom is 0.321 e. The van der Waals surface area contributed by atoms with Gasteiger partial charge in [-0.2, -0.15) is 11.8 Å². The van der Waals surface area contributed by atoms with Crippen molar-refractivity contribution in [3.05, 3.63) is 22.2 Å². The molecule has 1 aromatic rings. The number of carbonyl (C=O) groups is 1. The predicted molar refractivity (Wildman–Crippen MR) is 79.0 cm³/mol. The van der Waals surface area contributed by atoms with Gasteiger partial charge in [0.05, 0.1) is 18.7 Å². The predicted octanol–water partition coefficient (Wildman–Crippen LogP) is 2.11. The van der Waals surface area contributed by atoms with E-state index in [1.165, 1.54) is 11.8 Å². The van der Waals surface area contributed by atoms with Crippen molar-refractivity contribution in [2.45, 2.75) is 11.8 Å². The molecule has 0 bridgehead atoms. The second-order valence-electron chi connectivity index (χ2n) is 3.76. The first-order valence-corrected chi connectivity index (χ1v) is 7.41. The van der Waals surface area contributed by atoms with Crippen molar-refractivity contribution >= 4 is 33.7 Å². The van der Waals surface area contributed by atoms with Crippen molar-refractivity contribution < 1.29 is 19.4 Å². The summed E-state index contributed by atoms with van der Waals surface area (Å²) in [5.74, 6) is 1.39. The van der Waals surface area contributed by atoms with Crippen molar-refractivity contribution in [2.75, 3.05) is 20.0 Å². The lowest BCUT2D eigenvalue weighted by atomic mass is 10.2. The van der Waals surface area contributed by atoms with Gasteiger partial charge < -0.3 is 20.3 Å². The first-order chi connectivity index (χ1) is 8.99. The smallest absolute Gasteiger partial charge is 0.321 e. The lowest BCUT2D eigenvalue weighted by molar-refractivity contribution is -0.137. The number of methoxy groups -OCH3 is 2. The summed E-state index contributed by atoms with van der Waals surface area (Å²) in [4.78, 5) is 10.6. The molecule has 7 heteroatoms. The van der Waals surface area contributed by atoms with Crippen LogP contribution in [0.2, 0.25) is 0 Å². The Morgan fingerprint density at radius 2 is 2.05 bits per heavy atom. The molecule has 0 saturated heterocycles. The van der Waals surface area contributed by atoms with Gasteiger partial charge >= 0.3 is 5.97 Å². The van der Waals surface area contributed by atoms with E-state index in [4.69, 9.17) is 20.3 Å². The number of aliphatic carboxylic acids is 1. The summed E-state index contributed by atoms with van der Waals surface area (Å²) < 4.78 is 11.3. The molecule has 0 saturated carbocycles. The van der Waals surface area contributed by atoms with Gasteiger partial charge in [0, 0.05) is 17.1 Å². The van der Waals surface area contributed by atoms with Crippen LogP contribution in [0.3, 0.4) is 0 Å². The van der Waals surface area contributed by atoms with E-state index >= 15 is 0 Å². The van der Waals surface area contributed by atoms with Crippen LogP contribution in [0.5, 0.6) is 11.5 Å². The third-order valence-electron chi connectivity index (χ3n) is 2.43. The van der Waals surface area contributed by atoms with Crippen LogP contribution in [-0.2, 0) is 10.5 Å². The fourth-order valence-electron chi connectivity index (χ4n) is 1.40. The number of carboxylic acid groups (broad SMARTS) is 1. The fraction of sp³-hybridized carbons (Fsp3) is 0.417. The standard InChI is InChI=1S/C12H16BrNO4S/c1-17-10-4-8(13)11(18-2)3-7(10)5-19-6-9(14)12(15)16/h3-4,9H,5-6,14H2,1-2H3,(H,15,16). The van der Waals surface area contributed by atoms with Crippen LogP contribution in [0.25, 0.3) is 0 Å². The molecule has 0 aromatic heterocycles. The van der Waals surface area contributed by atoms with E-state index in [1.54, 1.807) is 14.2 Å². The van der Waals surface area contributed by atoms with Crippen molar-refractivity contribution in [3.8, 4) is 11.5 Å². The maximum absolute atomic E-state index is 10.6. The summed E-state index contributed by atoms with van der Waals surface area (Å²) in [5, 5.41) is 8.71.